The van der Waals surface area contributed by atoms with Crippen LogP contribution in [0.4, 0.5) is 0 Å². The van der Waals surface area contributed by atoms with Gasteiger partial charge in [0.15, 0.2) is 17.6 Å². The second-order valence-electron chi connectivity index (χ2n) is 7.19. The number of benzene rings is 3. The van der Waals surface area contributed by atoms with Crippen LogP contribution in [0.3, 0.4) is 0 Å². The maximum atomic E-state index is 13.6. The number of esters is 1. The Bertz CT molecular complexity index is 1290. The lowest BCUT2D eigenvalue weighted by Crippen LogP contribution is -2.20. The number of carbonyl (C=O) groups is 2. The molecule has 0 aliphatic carbocycles. The second-order valence-corrected chi connectivity index (χ2v) is 7.19. The number of carbonyl (C=O) groups excluding carboxylic acids is 2. The molecule has 4 rings (SSSR count). The van der Waals surface area contributed by atoms with Crippen LogP contribution in [0.1, 0.15) is 32.4 Å². The highest BCUT2D eigenvalue weighted by atomic mass is 16.6. The van der Waals surface area contributed by atoms with Gasteiger partial charge in [-0.25, -0.2) is 4.79 Å². The van der Waals surface area contributed by atoms with E-state index in [0.29, 0.717) is 16.9 Å². The summed E-state index contributed by atoms with van der Waals surface area (Å²) in [4.78, 5) is 29.9. The van der Waals surface area contributed by atoms with Crippen LogP contribution in [0.25, 0.3) is 10.9 Å². The van der Waals surface area contributed by atoms with Crippen LogP contribution in [-0.2, 0) is 4.74 Å². The number of methoxy groups -OCH3 is 3. The molecule has 4 aromatic rings. The maximum Gasteiger partial charge on any atom is 0.343 e. The normalized spacial score (nSPS) is 11.6. The van der Waals surface area contributed by atoms with Gasteiger partial charge in [-0.15, -0.1) is 0 Å². The molecule has 0 amide bonds. The number of hydrogen-bond donors (Lipinski definition) is 1. The van der Waals surface area contributed by atoms with Crippen molar-refractivity contribution >= 4 is 22.7 Å². The third-order valence-corrected chi connectivity index (χ3v) is 5.34. The third-order valence-electron chi connectivity index (χ3n) is 5.34. The molecule has 0 bridgehead atoms. The quantitative estimate of drug-likeness (QED) is 0.304. The number of rotatable bonds is 8. The number of aromatic amines is 1. The molecule has 1 heterocycles. The molecule has 0 saturated heterocycles. The van der Waals surface area contributed by atoms with Gasteiger partial charge in [-0.05, 0) is 18.2 Å². The summed E-state index contributed by atoms with van der Waals surface area (Å²) in [6, 6.07) is 19.5. The van der Waals surface area contributed by atoms with Gasteiger partial charge in [0.25, 0.3) is 0 Å². The first-order valence-corrected chi connectivity index (χ1v) is 10.2. The molecule has 0 saturated carbocycles. The van der Waals surface area contributed by atoms with Gasteiger partial charge in [0.05, 0.1) is 21.3 Å². The van der Waals surface area contributed by atoms with E-state index in [2.05, 4.69) is 4.98 Å². The van der Waals surface area contributed by atoms with E-state index in [9.17, 15) is 9.59 Å². The fraction of sp³-hybridized carbons (Fsp3) is 0.154. The number of para-hydroxylation sites is 1. The van der Waals surface area contributed by atoms with Crippen molar-refractivity contribution in [3.63, 3.8) is 0 Å². The van der Waals surface area contributed by atoms with Crippen molar-refractivity contribution in [2.45, 2.75) is 6.10 Å². The van der Waals surface area contributed by atoms with E-state index in [1.165, 1.54) is 27.4 Å². The molecule has 1 atom stereocenters. The van der Waals surface area contributed by atoms with Crippen molar-refractivity contribution < 1.29 is 28.5 Å². The summed E-state index contributed by atoms with van der Waals surface area (Å²) in [5, 5.41) is 0.753. The summed E-state index contributed by atoms with van der Waals surface area (Å²) < 4.78 is 21.8. The van der Waals surface area contributed by atoms with Crippen molar-refractivity contribution in [3.05, 3.63) is 89.6 Å². The second kappa shape index (κ2) is 9.48. The third kappa shape index (κ3) is 4.13. The lowest BCUT2D eigenvalue weighted by molar-refractivity contribution is 0.0277. The minimum absolute atomic E-state index is 0.114. The summed E-state index contributed by atoms with van der Waals surface area (Å²) >= 11 is 0. The van der Waals surface area contributed by atoms with E-state index in [4.69, 9.17) is 18.9 Å². The molecule has 3 aromatic carbocycles. The first-order valence-electron chi connectivity index (χ1n) is 10.2. The molecular formula is C26H23NO6. The molecular weight excluding hydrogens is 422 g/mol. The van der Waals surface area contributed by atoms with Gasteiger partial charge < -0.3 is 23.9 Å². The van der Waals surface area contributed by atoms with Gasteiger partial charge in [-0.1, -0.05) is 48.5 Å². The highest BCUT2D eigenvalue weighted by Crippen LogP contribution is 2.40. The van der Waals surface area contributed by atoms with Gasteiger partial charge in [-0.2, -0.15) is 0 Å². The molecule has 0 radical (unpaired) electrons. The molecule has 0 spiro atoms. The van der Waals surface area contributed by atoms with E-state index in [1.54, 1.807) is 36.5 Å². The van der Waals surface area contributed by atoms with Gasteiger partial charge in [0.2, 0.25) is 11.5 Å². The zero-order chi connectivity index (χ0) is 23.4. The van der Waals surface area contributed by atoms with Crippen LogP contribution in [0, 0.1) is 0 Å². The lowest BCUT2D eigenvalue weighted by Gasteiger charge is -2.19. The van der Waals surface area contributed by atoms with Crippen molar-refractivity contribution in [1.29, 1.82) is 0 Å². The lowest BCUT2D eigenvalue weighted by atomic mass is 9.99. The van der Waals surface area contributed by atoms with E-state index < -0.39 is 12.1 Å². The Hall–Kier alpha value is -4.26. The Morgan fingerprint density at radius 3 is 2.15 bits per heavy atom. The molecule has 0 aliphatic heterocycles. The number of H-pyrrole nitrogens is 1. The maximum absolute atomic E-state index is 13.6. The minimum Gasteiger partial charge on any atom is -0.493 e. The number of hydrogen-bond acceptors (Lipinski definition) is 6. The van der Waals surface area contributed by atoms with Crippen molar-refractivity contribution in [1.82, 2.24) is 4.98 Å². The summed E-state index contributed by atoms with van der Waals surface area (Å²) in [6.07, 6.45) is 0.476. The molecule has 0 aliphatic rings. The molecule has 7 nitrogen and oxygen atoms in total. The number of aromatic nitrogens is 1. The van der Waals surface area contributed by atoms with Crippen LogP contribution in [0.15, 0.2) is 72.9 Å². The van der Waals surface area contributed by atoms with Gasteiger partial charge >= 0.3 is 5.97 Å². The fourth-order valence-electron chi connectivity index (χ4n) is 3.75. The van der Waals surface area contributed by atoms with Crippen LogP contribution >= 0.6 is 0 Å². The smallest absolute Gasteiger partial charge is 0.343 e. The Kier molecular flexibility index (Phi) is 6.31. The zero-order valence-corrected chi connectivity index (χ0v) is 18.5. The summed E-state index contributed by atoms with van der Waals surface area (Å²) in [5.74, 6) is -0.247. The standard InChI is InChI=1S/C26H23NO6/c1-30-21-14-13-18(24(31-2)25(21)32-3)26(29)33-23(16-9-5-4-6-10-16)22(28)19-15-27-20-12-8-7-11-17(19)20/h4-15,23,27H,1-3H3. The fourth-order valence-corrected chi connectivity index (χ4v) is 3.75. The average Bonchev–Trinajstić information content (AvgIpc) is 3.30. The largest absolute Gasteiger partial charge is 0.493 e. The van der Waals surface area contributed by atoms with E-state index >= 15 is 0 Å². The predicted octanol–water partition coefficient (Wildman–Crippen LogP) is 4.97. The molecule has 1 N–H and O–H groups in total. The van der Waals surface area contributed by atoms with Crippen LogP contribution < -0.4 is 14.2 Å². The molecule has 0 fully saturated rings. The number of fused-ring (bicyclic) bond motifs is 1. The first kappa shape index (κ1) is 22.0. The average molecular weight is 445 g/mol. The molecule has 168 valence electrons. The first-order chi connectivity index (χ1) is 16.1. The highest BCUT2D eigenvalue weighted by molar-refractivity contribution is 6.11. The summed E-state index contributed by atoms with van der Waals surface area (Å²) in [7, 11) is 4.35. The van der Waals surface area contributed by atoms with Crippen LogP contribution in [0.5, 0.6) is 17.2 Å². The molecule has 33 heavy (non-hydrogen) atoms. The summed E-state index contributed by atoms with van der Waals surface area (Å²) in [6.45, 7) is 0. The van der Waals surface area contributed by atoms with Crippen molar-refractivity contribution in [3.8, 4) is 17.2 Å². The zero-order valence-electron chi connectivity index (χ0n) is 18.5. The Morgan fingerprint density at radius 2 is 1.45 bits per heavy atom. The molecule has 1 aromatic heterocycles. The Balaban J connectivity index is 1.74. The number of Topliss-reactive ketones (excluding diaryl/α,β-unsaturated/α-hetero) is 1. The Labute approximate surface area is 190 Å². The van der Waals surface area contributed by atoms with Crippen LogP contribution in [-0.4, -0.2) is 38.1 Å². The van der Waals surface area contributed by atoms with E-state index in [1.807, 2.05) is 30.3 Å². The van der Waals surface area contributed by atoms with Crippen molar-refractivity contribution in [2.24, 2.45) is 0 Å². The summed E-state index contributed by atoms with van der Waals surface area (Å²) in [5.41, 5.74) is 1.93. The molecule has 7 heteroatoms. The van der Waals surface area contributed by atoms with Gasteiger partial charge in [0.1, 0.15) is 5.56 Å². The van der Waals surface area contributed by atoms with Gasteiger partial charge in [-0.3, -0.25) is 4.79 Å². The van der Waals surface area contributed by atoms with E-state index in [0.717, 1.165) is 10.9 Å². The minimum atomic E-state index is -1.16. The highest BCUT2D eigenvalue weighted by Gasteiger charge is 2.30. The van der Waals surface area contributed by atoms with Crippen molar-refractivity contribution in [2.75, 3.05) is 21.3 Å². The SMILES string of the molecule is COc1ccc(C(=O)OC(C(=O)c2c[nH]c3ccccc23)c2ccccc2)c(OC)c1OC. The number of nitrogens with one attached hydrogen (secondary N) is 1. The predicted molar refractivity (Wildman–Crippen MR) is 123 cm³/mol. The van der Waals surface area contributed by atoms with E-state index in [-0.39, 0.29) is 22.8 Å². The monoisotopic (exact) mass is 445 g/mol. The van der Waals surface area contributed by atoms with Gasteiger partial charge in [0, 0.05) is 28.2 Å². The van der Waals surface area contributed by atoms with Crippen LogP contribution in [0.2, 0.25) is 0 Å². The topological polar surface area (TPSA) is 86.9 Å². The number of ether oxygens (including phenoxy) is 4. The molecule has 1 unspecified atom stereocenters. The Morgan fingerprint density at radius 1 is 0.758 bits per heavy atom. The number of ketones is 1.